The van der Waals surface area contributed by atoms with E-state index in [2.05, 4.69) is 19.7 Å². The first-order valence-corrected chi connectivity index (χ1v) is 5.03. The van der Waals surface area contributed by atoms with Gasteiger partial charge >= 0.3 is 5.97 Å². The van der Waals surface area contributed by atoms with Crippen molar-refractivity contribution in [3.63, 3.8) is 0 Å². The molecule has 17 heavy (non-hydrogen) atoms. The molecule has 2 heterocycles. The Balaban J connectivity index is 2.49. The van der Waals surface area contributed by atoms with Crippen molar-refractivity contribution in [1.82, 2.24) is 15.0 Å². The van der Waals surface area contributed by atoms with Gasteiger partial charge in [-0.15, -0.1) is 0 Å². The number of carbonyl (C=O) groups is 1. The fourth-order valence-electron chi connectivity index (χ4n) is 1.49. The van der Waals surface area contributed by atoms with E-state index < -0.39 is 5.97 Å². The molecule has 0 aliphatic rings. The predicted octanol–water partition coefficient (Wildman–Crippen LogP) is 1.63. The van der Waals surface area contributed by atoms with Crippen molar-refractivity contribution in [2.75, 3.05) is 7.11 Å². The van der Waals surface area contributed by atoms with E-state index >= 15 is 0 Å². The van der Waals surface area contributed by atoms with Gasteiger partial charge in [-0.05, 0) is 24.6 Å². The van der Waals surface area contributed by atoms with Crippen LogP contribution < -0.4 is 0 Å². The number of carbonyl (C=O) groups excluding carboxylic acids is 1. The first kappa shape index (κ1) is 11.2. The molecule has 2 aromatic rings. The van der Waals surface area contributed by atoms with Crippen LogP contribution in [0.1, 0.15) is 16.2 Å². The Bertz CT molecular complexity index is 541. The first-order valence-electron chi connectivity index (χ1n) is 5.03. The Kier molecular flexibility index (Phi) is 3.09. The summed E-state index contributed by atoms with van der Waals surface area (Å²) < 4.78 is 4.65. The number of hydrogen-bond acceptors (Lipinski definition) is 5. The second kappa shape index (κ2) is 4.69. The maximum atomic E-state index is 11.4. The molecule has 0 saturated carbocycles. The number of aryl methyl sites for hydroxylation is 1. The number of aromatic nitrogens is 3. The lowest BCUT2D eigenvalue weighted by Crippen LogP contribution is -2.05. The average Bonchev–Trinajstić information content (AvgIpc) is 2.38. The molecule has 0 spiro atoms. The van der Waals surface area contributed by atoms with E-state index in [4.69, 9.17) is 0 Å². The summed E-state index contributed by atoms with van der Waals surface area (Å²) in [4.78, 5) is 23.4. The molecule has 2 rings (SSSR count). The topological polar surface area (TPSA) is 65.0 Å². The van der Waals surface area contributed by atoms with E-state index in [1.165, 1.54) is 13.4 Å². The van der Waals surface area contributed by atoms with Gasteiger partial charge in [0, 0.05) is 23.7 Å². The second-order valence-corrected chi connectivity index (χ2v) is 3.50. The van der Waals surface area contributed by atoms with Gasteiger partial charge in [0.2, 0.25) is 0 Å². The SMILES string of the molecule is COC(=O)c1cc(-c2cncnc2)cc(C)n1. The molecule has 0 unspecified atom stereocenters. The number of pyridine rings is 1. The Labute approximate surface area is 98.5 Å². The Morgan fingerprint density at radius 2 is 1.88 bits per heavy atom. The maximum absolute atomic E-state index is 11.4. The van der Waals surface area contributed by atoms with Crippen molar-refractivity contribution in [1.29, 1.82) is 0 Å². The highest BCUT2D eigenvalue weighted by molar-refractivity contribution is 5.88. The van der Waals surface area contributed by atoms with Crippen molar-refractivity contribution >= 4 is 5.97 Å². The zero-order valence-electron chi connectivity index (χ0n) is 9.54. The highest BCUT2D eigenvalue weighted by Gasteiger charge is 2.10. The summed E-state index contributed by atoms with van der Waals surface area (Å²) in [5.41, 5.74) is 2.71. The third kappa shape index (κ3) is 2.44. The zero-order valence-corrected chi connectivity index (χ0v) is 9.54. The van der Waals surface area contributed by atoms with Crippen LogP contribution in [0.2, 0.25) is 0 Å². The minimum absolute atomic E-state index is 0.284. The zero-order chi connectivity index (χ0) is 12.3. The Morgan fingerprint density at radius 3 is 2.53 bits per heavy atom. The summed E-state index contributed by atoms with van der Waals surface area (Å²) in [6.07, 6.45) is 4.82. The molecule has 0 N–H and O–H groups in total. The third-order valence-electron chi connectivity index (χ3n) is 2.24. The van der Waals surface area contributed by atoms with Gasteiger partial charge in [0.15, 0.2) is 0 Å². The monoisotopic (exact) mass is 229 g/mol. The van der Waals surface area contributed by atoms with Gasteiger partial charge < -0.3 is 4.74 Å². The Hall–Kier alpha value is -2.30. The standard InChI is InChI=1S/C12H11N3O2/c1-8-3-9(10-5-13-7-14-6-10)4-11(15-8)12(16)17-2/h3-7H,1-2H3. The van der Waals surface area contributed by atoms with Gasteiger partial charge in [-0.3, -0.25) is 0 Å². The highest BCUT2D eigenvalue weighted by Crippen LogP contribution is 2.19. The molecule has 0 atom stereocenters. The van der Waals surface area contributed by atoms with E-state index in [-0.39, 0.29) is 5.69 Å². The number of ether oxygens (including phenoxy) is 1. The number of rotatable bonds is 2. The van der Waals surface area contributed by atoms with Gasteiger partial charge in [-0.25, -0.2) is 19.7 Å². The van der Waals surface area contributed by atoms with Crippen LogP contribution in [0.5, 0.6) is 0 Å². The highest BCUT2D eigenvalue weighted by atomic mass is 16.5. The molecule has 0 fully saturated rings. The van der Waals surface area contributed by atoms with Crippen LogP contribution in [-0.2, 0) is 4.74 Å². The summed E-state index contributed by atoms with van der Waals surface area (Å²) in [6, 6.07) is 3.53. The number of nitrogens with zero attached hydrogens (tertiary/aromatic N) is 3. The van der Waals surface area contributed by atoms with Crippen molar-refractivity contribution in [2.24, 2.45) is 0 Å². The molecule has 0 saturated heterocycles. The molecule has 0 bridgehead atoms. The molecule has 86 valence electrons. The summed E-state index contributed by atoms with van der Waals surface area (Å²) >= 11 is 0. The van der Waals surface area contributed by atoms with Crippen LogP contribution in [-0.4, -0.2) is 28.0 Å². The van der Waals surface area contributed by atoms with E-state index in [1.807, 2.05) is 13.0 Å². The van der Waals surface area contributed by atoms with Crippen LogP contribution in [0.25, 0.3) is 11.1 Å². The number of hydrogen-bond donors (Lipinski definition) is 0. The number of methoxy groups -OCH3 is 1. The van der Waals surface area contributed by atoms with Crippen LogP contribution in [0.15, 0.2) is 30.9 Å². The molecule has 0 aromatic carbocycles. The van der Waals surface area contributed by atoms with Crippen LogP contribution in [0.3, 0.4) is 0 Å². The van der Waals surface area contributed by atoms with E-state index in [1.54, 1.807) is 18.5 Å². The van der Waals surface area contributed by atoms with Crippen molar-refractivity contribution in [2.45, 2.75) is 6.92 Å². The molecule has 0 aliphatic carbocycles. The lowest BCUT2D eigenvalue weighted by molar-refractivity contribution is 0.0594. The van der Waals surface area contributed by atoms with Crippen LogP contribution >= 0.6 is 0 Å². The lowest BCUT2D eigenvalue weighted by Gasteiger charge is -2.05. The first-order chi connectivity index (χ1) is 8.20. The molecule has 5 heteroatoms. The molecular weight excluding hydrogens is 218 g/mol. The predicted molar refractivity (Wildman–Crippen MR) is 61.3 cm³/mol. The summed E-state index contributed by atoms with van der Waals surface area (Å²) in [6.45, 7) is 1.82. The minimum Gasteiger partial charge on any atom is -0.464 e. The smallest absolute Gasteiger partial charge is 0.356 e. The third-order valence-corrected chi connectivity index (χ3v) is 2.24. The maximum Gasteiger partial charge on any atom is 0.356 e. The molecule has 0 radical (unpaired) electrons. The summed E-state index contributed by atoms with van der Waals surface area (Å²) in [5, 5.41) is 0. The van der Waals surface area contributed by atoms with Crippen molar-refractivity contribution in [3.05, 3.63) is 42.2 Å². The lowest BCUT2D eigenvalue weighted by atomic mass is 10.1. The summed E-state index contributed by atoms with van der Waals surface area (Å²) in [5.74, 6) is -0.452. The minimum atomic E-state index is -0.452. The van der Waals surface area contributed by atoms with E-state index in [0.717, 1.165) is 16.8 Å². The second-order valence-electron chi connectivity index (χ2n) is 3.50. The van der Waals surface area contributed by atoms with Gasteiger partial charge in [0.25, 0.3) is 0 Å². The molecule has 2 aromatic heterocycles. The quantitative estimate of drug-likeness (QED) is 0.732. The van der Waals surface area contributed by atoms with Gasteiger partial charge in [-0.2, -0.15) is 0 Å². The fourth-order valence-corrected chi connectivity index (χ4v) is 1.49. The Morgan fingerprint density at radius 1 is 1.18 bits per heavy atom. The molecule has 5 nitrogen and oxygen atoms in total. The summed E-state index contributed by atoms with van der Waals surface area (Å²) in [7, 11) is 1.33. The van der Waals surface area contributed by atoms with Crippen LogP contribution in [0, 0.1) is 6.92 Å². The normalized spacial score (nSPS) is 10.0. The van der Waals surface area contributed by atoms with E-state index in [0.29, 0.717) is 0 Å². The molecule has 0 amide bonds. The van der Waals surface area contributed by atoms with Crippen LogP contribution in [0.4, 0.5) is 0 Å². The number of esters is 1. The molecular formula is C12H11N3O2. The average molecular weight is 229 g/mol. The van der Waals surface area contributed by atoms with Gasteiger partial charge in [-0.1, -0.05) is 0 Å². The largest absolute Gasteiger partial charge is 0.464 e. The fraction of sp³-hybridized carbons (Fsp3) is 0.167. The molecule has 0 aliphatic heterocycles. The van der Waals surface area contributed by atoms with Crippen molar-refractivity contribution < 1.29 is 9.53 Å². The van der Waals surface area contributed by atoms with Gasteiger partial charge in [0.05, 0.1) is 7.11 Å². The van der Waals surface area contributed by atoms with Gasteiger partial charge in [0.1, 0.15) is 12.0 Å². The van der Waals surface area contributed by atoms with Crippen molar-refractivity contribution in [3.8, 4) is 11.1 Å². The van der Waals surface area contributed by atoms with E-state index in [9.17, 15) is 4.79 Å².